The third kappa shape index (κ3) is 7.34. The summed E-state index contributed by atoms with van der Waals surface area (Å²) in [6.07, 6.45) is 3.42. The average molecular weight is 653 g/mol. The molecule has 2 fully saturated rings. The number of carbonyl (C=O) groups excluding carboxylic acids is 2. The summed E-state index contributed by atoms with van der Waals surface area (Å²) < 4.78 is 34.3. The average Bonchev–Trinajstić information content (AvgIpc) is 3.64. The lowest BCUT2D eigenvalue weighted by atomic mass is 9.86. The number of nitrogens with zero attached hydrogens (tertiary/aromatic N) is 4. The first-order valence-corrected chi connectivity index (χ1v) is 17.9. The Bertz CT molecular complexity index is 1710. The summed E-state index contributed by atoms with van der Waals surface area (Å²) in [5, 5.41) is 3.94. The van der Waals surface area contributed by atoms with Crippen molar-refractivity contribution in [2.45, 2.75) is 58.5 Å². The second kappa shape index (κ2) is 13.2. The fourth-order valence-corrected chi connectivity index (χ4v) is 7.15. The van der Waals surface area contributed by atoms with E-state index in [9.17, 15) is 18.0 Å². The topological polar surface area (TPSA) is 116 Å². The SMILES string of the molecule is COc1c(NC(=O)c2cc3cccc(CN4CCN(C(=O)C(C)N5CCCC5)CC4)c3n2C)cc(C(C)(C)C)cc1NS(C)(=O)=O. The van der Waals surface area contributed by atoms with Crippen LogP contribution in [0, 0.1) is 0 Å². The van der Waals surface area contributed by atoms with Crippen LogP contribution in [0.3, 0.4) is 0 Å². The van der Waals surface area contributed by atoms with Crippen molar-refractivity contribution in [1.29, 1.82) is 0 Å². The molecule has 2 N–H and O–H groups in total. The molecule has 5 rings (SSSR count). The summed E-state index contributed by atoms with van der Waals surface area (Å²) in [6.45, 7) is 13.8. The van der Waals surface area contributed by atoms with Gasteiger partial charge in [0.25, 0.3) is 5.91 Å². The van der Waals surface area contributed by atoms with Gasteiger partial charge in [-0.3, -0.25) is 24.1 Å². The third-order valence-electron chi connectivity index (χ3n) is 9.20. The molecular formula is C34H48N6O5S. The van der Waals surface area contributed by atoms with E-state index in [-0.39, 0.29) is 34.7 Å². The molecule has 1 aromatic heterocycles. The zero-order chi connectivity index (χ0) is 33.4. The smallest absolute Gasteiger partial charge is 0.272 e. The highest BCUT2D eigenvalue weighted by atomic mass is 32.2. The van der Waals surface area contributed by atoms with Crippen LogP contribution in [-0.4, -0.2) is 98.2 Å². The van der Waals surface area contributed by atoms with Gasteiger partial charge in [-0.25, -0.2) is 8.42 Å². The zero-order valence-electron chi connectivity index (χ0n) is 28.1. The normalized spacial score (nSPS) is 17.3. The van der Waals surface area contributed by atoms with Gasteiger partial charge in [0, 0.05) is 45.2 Å². The predicted octanol–water partition coefficient (Wildman–Crippen LogP) is 4.24. The zero-order valence-corrected chi connectivity index (χ0v) is 29.0. The van der Waals surface area contributed by atoms with Crippen LogP contribution in [0.2, 0.25) is 0 Å². The maximum absolute atomic E-state index is 13.8. The molecule has 3 heterocycles. The molecule has 2 amide bonds. The van der Waals surface area contributed by atoms with Gasteiger partial charge in [-0.2, -0.15) is 0 Å². The first-order chi connectivity index (χ1) is 21.7. The fourth-order valence-electron chi connectivity index (χ4n) is 6.60. The van der Waals surface area contributed by atoms with Crippen LogP contribution in [0.1, 0.15) is 62.2 Å². The molecule has 0 saturated carbocycles. The standard InChI is InChI=1S/C34H48N6O5S/c1-23(39-13-8-9-14-39)33(42)40-17-15-38(16-18-40)22-25-12-10-11-24-19-29(37(5)30(24)25)32(41)35-27-20-26(34(2,3)4)21-28(31(27)45-6)36-46(7,43)44/h10-12,19-21,23,36H,8-9,13-18,22H2,1-7H3,(H,35,41). The molecular weight excluding hydrogens is 604 g/mol. The van der Waals surface area contributed by atoms with Crippen molar-refractivity contribution in [2.75, 3.05) is 62.7 Å². The number of hydrogen-bond acceptors (Lipinski definition) is 7. The summed E-state index contributed by atoms with van der Waals surface area (Å²) in [5.41, 5.74) is 3.71. The lowest BCUT2D eigenvalue weighted by Gasteiger charge is -2.37. The van der Waals surface area contributed by atoms with Crippen molar-refractivity contribution in [3.8, 4) is 5.75 Å². The number of benzene rings is 2. The molecule has 3 aromatic rings. The van der Waals surface area contributed by atoms with Crippen molar-refractivity contribution in [2.24, 2.45) is 7.05 Å². The van der Waals surface area contributed by atoms with Crippen molar-refractivity contribution in [3.05, 3.63) is 53.2 Å². The molecule has 1 atom stereocenters. The summed E-state index contributed by atoms with van der Waals surface area (Å²) in [5.74, 6) is 0.128. The van der Waals surface area contributed by atoms with E-state index >= 15 is 0 Å². The number of aromatic nitrogens is 1. The molecule has 11 nitrogen and oxygen atoms in total. The molecule has 0 bridgehead atoms. The number of piperazine rings is 1. The van der Waals surface area contributed by atoms with Gasteiger partial charge >= 0.3 is 0 Å². The number of hydrogen-bond donors (Lipinski definition) is 2. The number of fused-ring (bicyclic) bond motifs is 1. The number of ether oxygens (including phenoxy) is 1. The van der Waals surface area contributed by atoms with E-state index in [0.29, 0.717) is 31.0 Å². The van der Waals surface area contributed by atoms with E-state index in [1.54, 1.807) is 6.07 Å². The van der Waals surface area contributed by atoms with E-state index in [1.165, 1.54) is 20.0 Å². The number of sulfonamides is 1. The Morgan fingerprint density at radius 3 is 2.24 bits per heavy atom. The van der Waals surface area contributed by atoms with Crippen molar-refractivity contribution in [1.82, 2.24) is 19.3 Å². The Balaban J connectivity index is 1.35. The van der Waals surface area contributed by atoms with Crippen molar-refractivity contribution < 1.29 is 22.7 Å². The molecule has 0 aliphatic carbocycles. The molecule has 0 spiro atoms. The number of methoxy groups -OCH3 is 1. The minimum absolute atomic E-state index is 0.0609. The predicted molar refractivity (Wildman–Crippen MR) is 183 cm³/mol. The van der Waals surface area contributed by atoms with E-state index in [1.807, 2.05) is 68.5 Å². The molecule has 2 aliphatic heterocycles. The summed E-state index contributed by atoms with van der Waals surface area (Å²) >= 11 is 0. The molecule has 2 aliphatic rings. The highest BCUT2D eigenvalue weighted by Gasteiger charge is 2.30. The highest BCUT2D eigenvalue weighted by molar-refractivity contribution is 7.92. The number of rotatable bonds is 9. The van der Waals surface area contributed by atoms with Crippen molar-refractivity contribution in [3.63, 3.8) is 0 Å². The van der Waals surface area contributed by atoms with Crippen molar-refractivity contribution >= 4 is 44.1 Å². The summed E-state index contributed by atoms with van der Waals surface area (Å²) in [4.78, 5) is 33.6. The Kier molecular flexibility index (Phi) is 9.72. The number of carbonyl (C=O) groups is 2. The minimum Gasteiger partial charge on any atom is -0.492 e. The number of likely N-dealkylation sites (tertiary alicyclic amines) is 1. The number of amides is 2. The Labute approximate surface area is 272 Å². The van der Waals surface area contributed by atoms with Gasteiger partial charge in [0.05, 0.1) is 36.3 Å². The minimum atomic E-state index is -3.60. The third-order valence-corrected chi connectivity index (χ3v) is 9.79. The molecule has 1 unspecified atom stereocenters. The van der Waals surface area contributed by atoms with Gasteiger partial charge in [0.15, 0.2) is 5.75 Å². The van der Waals surface area contributed by atoms with E-state index in [0.717, 1.165) is 54.5 Å². The van der Waals surface area contributed by atoms with Gasteiger partial charge in [0.2, 0.25) is 15.9 Å². The molecule has 0 radical (unpaired) electrons. The van der Waals surface area contributed by atoms with Gasteiger partial charge in [-0.1, -0.05) is 39.0 Å². The summed E-state index contributed by atoms with van der Waals surface area (Å²) in [6, 6.07) is 11.5. The highest BCUT2D eigenvalue weighted by Crippen LogP contribution is 2.39. The van der Waals surface area contributed by atoms with Crippen LogP contribution in [0.5, 0.6) is 5.75 Å². The van der Waals surface area contributed by atoms with Crippen LogP contribution >= 0.6 is 0 Å². The molecule has 250 valence electrons. The van der Waals surface area contributed by atoms with E-state index < -0.39 is 10.0 Å². The lowest BCUT2D eigenvalue weighted by molar-refractivity contribution is -0.137. The first-order valence-electron chi connectivity index (χ1n) is 16.0. The number of aryl methyl sites for hydroxylation is 1. The molecule has 12 heteroatoms. The first kappa shape index (κ1) is 33.7. The number of para-hydroxylation sites is 1. The maximum Gasteiger partial charge on any atom is 0.272 e. The summed E-state index contributed by atoms with van der Waals surface area (Å²) in [7, 11) is -0.266. The monoisotopic (exact) mass is 652 g/mol. The Hall–Kier alpha value is -3.61. The van der Waals surface area contributed by atoms with Gasteiger partial charge in [-0.15, -0.1) is 0 Å². The van der Waals surface area contributed by atoms with E-state index in [2.05, 4.69) is 25.9 Å². The van der Waals surface area contributed by atoms with Gasteiger partial charge in [-0.05, 0) is 67.6 Å². The van der Waals surface area contributed by atoms with Crippen LogP contribution in [0.4, 0.5) is 11.4 Å². The van der Waals surface area contributed by atoms with Gasteiger partial charge < -0.3 is 19.5 Å². The van der Waals surface area contributed by atoms with Crippen LogP contribution < -0.4 is 14.8 Å². The molecule has 2 aromatic carbocycles. The quantitative estimate of drug-likeness (QED) is 0.356. The molecule has 2 saturated heterocycles. The van der Waals surface area contributed by atoms with Crippen LogP contribution in [0.15, 0.2) is 36.4 Å². The fraction of sp³-hybridized carbons (Fsp3) is 0.529. The van der Waals surface area contributed by atoms with Crippen LogP contribution in [0.25, 0.3) is 10.9 Å². The Morgan fingerprint density at radius 2 is 1.63 bits per heavy atom. The largest absolute Gasteiger partial charge is 0.492 e. The van der Waals surface area contributed by atoms with Gasteiger partial charge in [0.1, 0.15) is 5.69 Å². The number of nitrogens with one attached hydrogen (secondary N) is 2. The lowest BCUT2D eigenvalue weighted by Crippen LogP contribution is -2.53. The Morgan fingerprint density at radius 1 is 0.978 bits per heavy atom. The maximum atomic E-state index is 13.8. The molecule has 46 heavy (non-hydrogen) atoms. The second-order valence-electron chi connectivity index (χ2n) is 13.6. The van der Waals surface area contributed by atoms with E-state index in [4.69, 9.17) is 4.74 Å². The number of anilines is 2. The van der Waals surface area contributed by atoms with Crippen LogP contribution in [-0.2, 0) is 33.8 Å². The second-order valence-corrected chi connectivity index (χ2v) is 15.4.